The van der Waals surface area contributed by atoms with E-state index in [0.29, 0.717) is 22.2 Å². The highest BCUT2D eigenvalue weighted by molar-refractivity contribution is 5.90. The van der Waals surface area contributed by atoms with Gasteiger partial charge in [-0.05, 0) is 133 Å². The summed E-state index contributed by atoms with van der Waals surface area (Å²) < 4.78 is 0. The van der Waals surface area contributed by atoms with E-state index in [9.17, 15) is 9.90 Å². The van der Waals surface area contributed by atoms with Crippen molar-refractivity contribution in [3.8, 4) is 0 Å². The van der Waals surface area contributed by atoms with Crippen LogP contribution in [0.3, 0.4) is 0 Å². The molecule has 4 saturated carbocycles. The zero-order valence-corrected chi connectivity index (χ0v) is 30.1. The van der Waals surface area contributed by atoms with Gasteiger partial charge in [0.1, 0.15) is 0 Å². The Morgan fingerprint density at radius 2 is 1.55 bits per heavy atom. The number of hydrogen-bond acceptors (Lipinski definition) is 2. The van der Waals surface area contributed by atoms with Crippen LogP contribution in [0.2, 0.25) is 0 Å². The molecule has 5 rings (SSSR count). The van der Waals surface area contributed by atoms with Crippen LogP contribution in [0.5, 0.6) is 0 Å². The van der Waals surface area contributed by atoms with Gasteiger partial charge in [0.05, 0.1) is 5.57 Å². The van der Waals surface area contributed by atoms with Crippen molar-refractivity contribution in [2.75, 3.05) is 0 Å². The Labute approximate surface area is 271 Å². The number of amides is 1. The number of carbonyl (C=O) groups excluding carboxylic acids is 1. The SMILES string of the molecule is C=C/C(=C\C=C(/C)C1=CCC2(C)C(CCC3(C)C4CCC5(C)CCCC5C4CCC32)C1(C)C)C(=O)O.CC.CCC.NC=O. The largest absolute Gasteiger partial charge is 0.478 e. The van der Waals surface area contributed by atoms with Gasteiger partial charge < -0.3 is 10.8 Å². The number of nitrogens with two attached hydrogens (primary N) is 1. The second-order valence-corrected chi connectivity index (χ2v) is 15.6. The van der Waals surface area contributed by atoms with Gasteiger partial charge in [-0.15, -0.1) is 0 Å². The first-order chi connectivity index (χ1) is 20.7. The first-order valence-electron chi connectivity index (χ1n) is 17.8. The molecule has 0 bridgehead atoms. The van der Waals surface area contributed by atoms with Crippen molar-refractivity contribution in [2.24, 2.45) is 57.0 Å². The lowest BCUT2D eigenvalue weighted by atomic mass is 9.36. The zero-order chi connectivity index (χ0) is 33.5. The minimum absolute atomic E-state index is 0.0910. The van der Waals surface area contributed by atoms with E-state index in [0.717, 1.165) is 30.1 Å². The maximum Gasteiger partial charge on any atom is 0.335 e. The highest BCUT2D eigenvalue weighted by atomic mass is 16.4. The Morgan fingerprint density at radius 1 is 0.932 bits per heavy atom. The van der Waals surface area contributed by atoms with Crippen LogP contribution in [0.25, 0.3) is 0 Å². The first-order valence-corrected chi connectivity index (χ1v) is 17.8. The molecule has 5 aliphatic rings. The van der Waals surface area contributed by atoms with E-state index in [1.54, 1.807) is 6.08 Å². The first kappa shape index (κ1) is 38.1. The molecule has 0 aromatic rings. The molecule has 4 nitrogen and oxygen atoms in total. The predicted octanol–water partition coefficient (Wildman–Crippen LogP) is 10.7. The molecule has 4 fully saturated rings. The molecule has 0 aromatic carbocycles. The Kier molecular flexibility index (Phi) is 13.4. The summed E-state index contributed by atoms with van der Waals surface area (Å²) in [5.74, 6) is 3.46. The van der Waals surface area contributed by atoms with Crippen LogP contribution in [0.4, 0.5) is 0 Å². The second-order valence-electron chi connectivity index (χ2n) is 15.6. The molecule has 0 radical (unpaired) electrons. The molecule has 0 aliphatic heterocycles. The summed E-state index contributed by atoms with van der Waals surface area (Å²) in [5.41, 5.74) is 8.62. The predicted molar refractivity (Wildman–Crippen MR) is 187 cm³/mol. The molecule has 8 unspecified atom stereocenters. The monoisotopic (exact) mass is 610 g/mol. The van der Waals surface area contributed by atoms with Crippen LogP contribution >= 0.6 is 0 Å². The number of hydrogen-bond donors (Lipinski definition) is 2. The van der Waals surface area contributed by atoms with E-state index >= 15 is 0 Å². The fourth-order valence-electron chi connectivity index (χ4n) is 11.4. The standard InChI is InChI=1S/C34H50O2.C3H8.C2H6.CH3NO/c1-8-23(30(35)36)12-11-22(2)25-16-20-34(7)28(31(25,3)4)17-21-33(6)27-15-19-32(5)18-9-10-26(32)24(27)13-14-29(33)34;1-3-2;1-2;2-1-3/h8,11-12,16,24,26-29H,1,9-10,13-15,17-21H2,2-7H3,(H,35,36);3H2,1-2H3;1-2H3;1H,(H2,2,3)/b22-11+,23-12+;;;. The Hall–Kier alpha value is -2.10. The lowest BCUT2D eigenvalue weighted by Gasteiger charge is -2.68. The molecule has 8 atom stereocenters. The Balaban J connectivity index is 0.000000768. The zero-order valence-electron chi connectivity index (χ0n) is 30.1. The number of aliphatic carboxylic acids is 1. The van der Waals surface area contributed by atoms with E-state index in [1.807, 2.05) is 19.9 Å². The second kappa shape index (κ2) is 15.5. The van der Waals surface area contributed by atoms with Crippen LogP contribution in [-0.4, -0.2) is 17.5 Å². The third-order valence-corrected chi connectivity index (χ3v) is 12.9. The van der Waals surface area contributed by atoms with Gasteiger partial charge in [0.2, 0.25) is 6.41 Å². The van der Waals surface area contributed by atoms with Crippen molar-refractivity contribution in [2.45, 2.75) is 140 Å². The van der Waals surface area contributed by atoms with E-state index in [2.05, 4.69) is 73.8 Å². The van der Waals surface area contributed by atoms with Crippen LogP contribution in [0, 0.1) is 51.2 Å². The number of rotatable bonds is 4. The van der Waals surface area contributed by atoms with Gasteiger partial charge in [-0.25, -0.2) is 4.79 Å². The quantitative estimate of drug-likeness (QED) is 0.189. The minimum atomic E-state index is -0.915. The summed E-state index contributed by atoms with van der Waals surface area (Å²) >= 11 is 0. The van der Waals surface area contributed by atoms with E-state index in [4.69, 9.17) is 4.79 Å². The van der Waals surface area contributed by atoms with Crippen molar-refractivity contribution >= 4 is 12.4 Å². The van der Waals surface area contributed by atoms with Crippen molar-refractivity contribution < 1.29 is 14.7 Å². The summed E-state index contributed by atoms with van der Waals surface area (Å²) in [4.78, 5) is 20.0. The van der Waals surface area contributed by atoms with Crippen molar-refractivity contribution in [3.63, 3.8) is 0 Å². The van der Waals surface area contributed by atoms with Gasteiger partial charge >= 0.3 is 5.97 Å². The molecule has 250 valence electrons. The number of carbonyl (C=O) groups is 2. The van der Waals surface area contributed by atoms with E-state index in [1.165, 1.54) is 81.4 Å². The Morgan fingerprint density at radius 3 is 2.11 bits per heavy atom. The molecule has 0 heterocycles. The molecule has 5 aliphatic carbocycles. The average Bonchev–Trinajstić information content (AvgIpc) is 3.36. The highest BCUT2D eigenvalue weighted by Gasteiger charge is 2.64. The highest BCUT2D eigenvalue weighted by Crippen LogP contribution is 2.73. The average molecular weight is 610 g/mol. The van der Waals surface area contributed by atoms with Crippen molar-refractivity contribution in [1.82, 2.24) is 0 Å². The summed E-state index contributed by atoms with van der Waals surface area (Å²) in [6.07, 6.45) is 23.3. The molecule has 0 spiro atoms. The molecule has 4 heteroatoms. The number of carboxylic acid groups (broad SMARTS) is 1. The van der Waals surface area contributed by atoms with Gasteiger partial charge in [-0.1, -0.05) is 100.0 Å². The van der Waals surface area contributed by atoms with E-state index < -0.39 is 5.97 Å². The fraction of sp³-hybridized carbons (Fsp3) is 0.750. The maximum absolute atomic E-state index is 11.4. The van der Waals surface area contributed by atoms with Gasteiger partial charge in [0, 0.05) is 0 Å². The van der Waals surface area contributed by atoms with Crippen LogP contribution in [0.1, 0.15) is 140 Å². The topological polar surface area (TPSA) is 80.4 Å². The molecule has 0 aromatic heterocycles. The van der Waals surface area contributed by atoms with Crippen LogP contribution in [0.15, 0.2) is 47.6 Å². The summed E-state index contributed by atoms with van der Waals surface area (Å²) in [6, 6.07) is 0. The number of primary amides is 1. The van der Waals surface area contributed by atoms with Crippen LogP contribution in [-0.2, 0) is 9.59 Å². The van der Waals surface area contributed by atoms with Gasteiger partial charge in [-0.3, -0.25) is 4.79 Å². The normalized spacial score (nSPS) is 38.5. The third kappa shape index (κ3) is 7.00. The summed E-state index contributed by atoms with van der Waals surface area (Å²) in [7, 11) is 0. The summed E-state index contributed by atoms with van der Waals surface area (Å²) in [6.45, 7) is 27.0. The van der Waals surface area contributed by atoms with Gasteiger partial charge in [0.25, 0.3) is 0 Å². The van der Waals surface area contributed by atoms with Gasteiger partial charge in [-0.2, -0.15) is 0 Å². The lowest BCUT2D eigenvalue weighted by Crippen LogP contribution is -2.61. The lowest BCUT2D eigenvalue weighted by molar-refractivity contribution is -0.179. The molecule has 1 amide bonds. The molecule has 0 saturated heterocycles. The maximum atomic E-state index is 11.4. The summed E-state index contributed by atoms with van der Waals surface area (Å²) in [5, 5.41) is 9.38. The van der Waals surface area contributed by atoms with Crippen LogP contribution < -0.4 is 5.73 Å². The third-order valence-electron chi connectivity index (χ3n) is 12.9. The molecular formula is C40H67NO3. The molecule has 44 heavy (non-hydrogen) atoms. The minimum Gasteiger partial charge on any atom is -0.478 e. The fourth-order valence-corrected chi connectivity index (χ4v) is 11.4. The smallest absolute Gasteiger partial charge is 0.335 e. The number of fused-ring (bicyclic) bond motifs is 7. The van der Waals surface area contributed by atoms with Crippen molar-refractivity contribution in [1.29, 1.82) is 0 Å². The molecule has 3 N–H and O–H groups in total. The molecular weight excluding hydrogens is 542 g/mol. The number of allylic oxidation sites excluding steroid dienone is 5. The van der Waals surface area contributed by atoms with E-state index in [-0.39, 0.29) is 17.4 Å². The Bertz CT molecular complexity index is 1100. The van der Waals surface area contributed by atoms with Crippen molar-refractivity contribution in [3.05, 3.63) is 47.6 Å². The van der Waals surface area contributed by atoms with Gasteiger partial charge in [0.15, 0.2) is 0 Å². The number of carboxylic acids is 1.